The SMILES string of the molecule is CC(C)(C)OC(=O)N1CCC2(CCO)Cc3ccccc3C12. The van der Waals surface area contributed by atoms with Gasteiger partial charge in [0, 0.05) is 18.6 Å². The van der Waals surface area contributed by atoms with Crippen molar-refractivity contribution < 1.29 is 14.6 Å². The van der Waals surface area contributed by atoms with Crippen LogP contribution in [0.4, 0.5) is 4.79 Å². The summed E-state index contributed by atoms with van der Waals surface area (Å²) in [5.74, 6) is 0. The number of ether oxygens (including phenoxy) is 1. The number of benzene rings is 1. The summed E-state index contributed by atoms with van der Waals surface area (Å²) in [5, 5.41) is 9.52. The van der Waals surface area contributed by atoms with E-state index in [2.05, 4.69) is 12.1 Å². The van der Waals surface area contributed by atoms with Crippen LogP contribution in [0.25, 0.3) is 0 Å². The van der Waals surface area contributed by atoms with Gasteiger partial charge in [0.05, 0.1) is 6.04 Å². The maximum absolute atomic E-state index is 12.6. The highest BCUT2D eigenvalue weighted by Gasteiger charge is 2.54. The number of nitrogens with zero attached hydrogens (tertiary/aromatic N) is 1. The molecular weight excluding hydrogens is 278 g/mol. The second-order valence-electron chi connectivity index (χ2n) is 7.54. The van der Waals surface area contributed by atoms with Gasteiger partial charge >= 0.3 is 6.09 Å². The molecule has 0 bridgehead atoms. The first-order valence-electron chi connectivity index (χ1n) is 8.05. The fraction of sp³-hybridized carbons (Fsp3) is 0.611. The van der Waals surface area contributed by atoms with Crippen molar-refractivity contribution in [2.24, 2.45) is 5.41 Å². The number of aliphatic hydroxyl groups excluding tert-OH is 1. The highest BCUT2D eigenvalue weighted by Crippen LogP contribution is 2.57. The predicted molar refractivity (Wildman–Crippen MR) is 84.6 cm³/mol. The van der Waals surface area contributed by atoms with Crippen LogP contribution in [0.3, 0.4) is 0 Å². The average Bonchev–Trinajstić information content (AvgIpc) is 2.90. The molecule has 1 aromatic carbocycles. The van der Waals surface area contributed by atoms with Gasteiger partial charge in [-0.2, -0.15) is 0 Å². The summed E-state index contributed by atoms with van der Waals surface area (Å²) in [5.41, 5.74) is 2.00. The Labute approximate surface area is 132 Å². The first-order chi connectivity index (χ1) is 10.4. The number of likely N-dealkylation sites (tertiary alicyclic amines) is 1. The van der Waals surface area contributed by atoms with Crippen LogP contribution in [0.2, 0.25) is 0 Å². The molecule has 1 amide bonds. The lowest BCUT2D eigenvalue weighted by atomic mass is 9.78. The van der Waals surface area contributed by atoms with Crippen molar-refractivity contribution in [2.75, 3.05) is 13.2 Å². The van der Waals surface area contributed by atoms with Gasteiger partial charge in [-0.25, -0.2) is 4.79 Å². The van der Waals surface area contributed by atoms with Crippen molar-refractivity contribution in [3.05, 3.63) is 35.4 Å². The Morgan fingerprint density at radius 1 is 1.41 bits per heavy atom. The minimum atomic E-state index is -0.489. The number of carbonyl (C=O) groups excluding carboxylic acids is 1. The smallest absolute Gasteiger partial charge is 0.410 e. The standard InChI is InChI=1S/C18H25NO3/c1-17(2,3)22-16(21)19-10-8-18(9-11-20)12-13-6-4-5-7-14(13)15(18)19/h4-7,15,20H,8-12H2,1-3H3. The molecule has 120 valence electrons. The van der Waals surface area contributed by atoms with Crippen LogP contribution in [0.5, 0.6) is 0 Å². The van der Waals surface area contributed by atoms with Gasteiger partial charge in [-0.3, -0.25) is 0 Å². The van der Waals surface area contributed by atoms with E-state index in [-0.39, 0.29) is 24.2 Å². The lowest BCUT2D eigenvalue weighted by Crippen LogP contribution is -2.38. The van der Waals surface area contributed by atoms with Crippen LogP contribution in [0.15, 0.2) is 24.3 Å². The molecule has 0 aromatic heterocycles. The number of fused-ring (bicyclic) bond motifs is 3. The van der Waals surface area contributed by atoms with E-state index < -0.39 is 5.60 Å². The first-order valence-corrected chi connectivity index (χ1v) is 8.05. The Kier molecular flexibility index (Phi) is 3.68. The van der Waals surface area contributed by atoms with Gasteiger partial charge in [-0.05, 0) is 51.2 Å². The van der Waals surface area contributed by atoms with Crippen molar-refractivity contribution in [2.45, 2.75) is 51.7 Å². The lowest BCUT2D eigenvalue weighted by molar-refractivity contribution is 0.0157. The Balaban J connectivity index is 1.94. The highest BCUT2D eigenvalue weighted by atomic mass is 16.6. The van der Waals surface area contributed by atoms with Crippen LogP contribution in [-0.2, 0) is 11.2 Å². The van der Waals surface area contributed by atoms with Crippen LogP contribution in [-0.4, -0.2) is 34.9 Å². The number of hydrogen-bond acceptors (Lipinski definition) is 3. The molecule has 0 saturated carbocycles. The molecule has 4 nitrogen and oxygen atoms in total. The number of carbonyl (C=O) groups is 1. The van der Waals surface area contributed by atoms with E-state index in [0.29, 0.717) is 6.54 Å². The Bertz CT molecular complexity index is 578. The highest BCUT2D eigenvalue weighted by molar-refractivity contribution is 5.70. The molecule has 0 radical (unpaired) electrons. The molecule has 4 heteroatoms. The summed E-state index contributed by atoms with van der Waals surface area (Å²) in [4.78, 5) is 14.5. The van der Waals surface area contributed by atoms with E-state index in [0.717, 1.165) is 19.3 Å². The van der Waals surface area contributed by atoms with Crippen LogP contribution in [0, 0.1) is 5.41 Å². The summed E-state index contributed by atoms with van der Waals surface area (Å²) in [6.07, 6.45) is 2.35. The molecule has 2 unspecified atom stereocenters. The van der Waals surface area contributed by atoms with E-state index in [1.807, 2.05) is 37.8 Å². The average molecular weight is 303 g/mol. The Hall–Kier alpha value is -1.55. The largest absolute Gasteiger partial charge is 0.444 e. The van der Waals surface area contributed by atoms with Crippen molar-refractivity contribution in [1.82, 2.24) is 4.90 Å². The number of aliphatic hydroxyl groups is 1. The third kappa shape index (κ3) is 2.50. The second kappa shape index (κ2) is 5.27. The maximum Gasteiger partial charge on any atom is 0.410 e. The van der Waals surface area contributed by atoms with Gasteiger partial charge in [0.2, 0.25) is 0 Å². The molecule has 2 aliphatic rings. The van der Waals surface area contributed by atoms with Crippen LogP contribution >= 0.6 is 0 Å². The van der Waals surface area contributed by atoms with E-state index in [1.54, 1.807) is 0 Å². The molecule has 1 saturated heterocycles. The van der Waals surface area contributed by atoms with E-state index in [1.165, 1.54) is 11.1 Å². The predicted octanol–water partition coefficient (Wildman–Crippen LogP) is 3.29. The zero-order valence-corrected chi connectivity index (χ0v) is 13.6. The van der Waals surface area contributed by atoms with Gasteiger partial charge < -0.3 is 14.7 Å². The quantitative estimate of drug-likeness (QED) is 0.912. The van der Waals surface area contributed by atoms with Gasteiger partial charge in [0.1, 0.15) is 5.60 Å². The number of amides is 1. The van der Waals surface area contributed by atoms with Gasteiger partial charge in [-0.15, -0.1) is 0 Å². The molecule has 1 fully saturated rings. The monoisotopic (exact) mass is 303 g/mol. The second-order valence-corrected chi connectivity index (χ2v) is 7.54. The molecule has 1 aromatic rings. The molecule has 1 aliphatic carbocycles. The lowest BCUT2D eigenvalue weighted by Gasteiger charge is -2.33. The molecular formula is C18H25NO3. The van der Waals surface area contributed by atoms with E-state index in [4.69, 9.17) is 4.74 Å². The van der Waals surface area contributed by atoms with Crippen LogP contribution in [0.1, 0.15) is 50.8 Å². The van der Waals surface area contributed by atoms with E-state index in [9.17, 15) is 9.90 Å². The number of hydrogen-bond donors (Lipinski definition) is 1. The summed E-state index contributed by atoms with van der Waals surface area (Å²) >= 11 is 0. The van der Waals surface area contributed by atoms with Gasteiger partial charge in [0.15, 0.2) is 0 Å². The third-order valence-corrected chi connectivity index (χ3v) is 4.87. The topological polar surface area (TPSA) is 49.8 Å². The van der Waals surface area contributed by atoms with Crippen molar-refractivity contribution in [3.63, 3.8) is 0 Å². The summed E-state index contributed by atoms with van der Waals surface area (Å²) < 4.78 is 5.59. The minimum absolute atomic E-state index is 0.0324. The maximum atomic E-state index is 12.6. The normalized spacial score (nSPS) is 26.7. The van der Waals surface area contributed by atoms with Gasteiger partial charge in [0.25, 0.3) is 0 Å². The van der Waals surface area contributed by atoms with Crippen molar-refractivity contribution >= 4 is 6.09 Å². The summed E-state index contributed by atoms with van der Waals surface area (Å²) in [6.45, 7) is 6.54. The fourth-order valence-electron chi connectivity index (χ4n) is 4.05. The molecule has 0 spiro atoms. The summed E-state index contributed by atoms with van der Waals surface area (Å²) in [7, 11) is 0. The van der Waals surface area contributed by atoms with Crippen molar-refractivity contribution in [1.29, 1.82) is 0 Å². The molecule has 1 aliphatic heterocycles. The molecule has 22 heavy (non-hydrogen) atoms. The first kappa shape index (κ1) is 15.3. The van der Waals surface area contributed by atoms with E-state index >= 15 is 0 Å². The fourth-order valence-corrected chi connectivity index (χ4v) is 4.05. The van der Waals surface area contributed by atoms with Crippen molar-refractivity contribution in [3.8, 4) is 0 Å². The molecule has 1 heterocycles. The minimum Gasteiger partial charge on any atom is -0.444 e. The Morgan fingerprint density at radius 2 is 2.14 bits per heavy atom. The summed E-state index contributed by atoms with van der Waals surface area (Å²) in [6, 6.07) is 8.36. The van der Waals surface area contributed by atoms with Crippen LogP contribution < -0.4 is 0 Å². The Morgan fingerprint density at radius 3 is 2.82 bits per heavy atom. The third-order valence-electron chi connectivity index (χ3n) is 4.87. The number of rotatable bonds is 2. The van der Waals surface area contributed by atoms with Gasteiger partial charge in [-0.1, -0.05) is 24.3 Å². The molecule has 1 N–H and O–H groups in total. The zero-order chi connectivity index (χ0) is 16.0. The molecule has 2 atom stereocenters. The zero-order valence-electron chi connectivity index (χ0n) is 13.6. The molecule has 3 rings (SSSR count).